The molecule has 0 bridgehead atoms. The number of amides is 1. The van der Waals surface area contributed by atoms with Gasteiger partial charge in [-0.05, 0) is 32.1 Å². The number of aliphatic hydroxyl groups is 2. The Balaban J connectivity index is 2.13. The van der Waals surface area contributed by atoms with Gasteiger partial charge in [-0.2, -0.15) is 0 Å². The number of hydrogen-bond acceptors (Lipinski definition) is 5. The minimum absolute atomic E-state index is 0.0149. The van der Waals surface area contributed by atoms with Crippen LogP contribution in [0.25, 0.3) is 0 Å². The Kier molecular flexibility index (Phi) is 6.52. The second-order valence-corrected chi connectivity index (χ2v) is 9.01. The van der Waals surface area contributed by atoms with Gasteiger partial charge in [-0.1, -0.05) is 34.1 Å². The topological polar surface area (TPSA) is 99.2 Å². The summed E-state index contributed by atoms with van der Waals surface area (Å²) in [4.78, 5) is 25.0. The van der Waals surface area contributed by atoms with Gasteiger partial charge in [0.2, 0.25) is 5.91 Å². The summed E-state index contributed by atoms with van der Waals surface area (Å²) in [5.74, 6) is -1.08. The molecule has 3 N–H and O–H groups in total. The maximum atomic E-state index is 12.9. The van der Waals surface area contributed by atoms with Crippen molar-refractivity contribution in [3.05, 3.63) is 0 Å². The summed E-state index contributed by atoms with van der Waals surface area (Å²) < 4.78 is 5.80. The van der Waals surface area contributed by atoms with Crippen molar-refractivity contribution in [3.8, 4) is 0 Å². The summed E-state index contributed by atoms with van der Waals surface area (Å²) in [5, 5.41) is 23.9. The van der Waals surface area contributed by atoms with Crippen LogP contribution in [0.3, 0.4) is 0 Å². The van der Waals surface area contributed by atoms with E-state index in [1.54, 1.807) is 20.8 Å². The standard InChI is InChI=1S/C20H35NO5/c1-12-7-6-9-20(5)15(26-20)8-10-21-16(23)11-14(22)19(3,4)18(25)13(2)17(12)24/h12-15,17,22,24H,6-11H2,1-5H3,(H,21,23)/t12-,13+,14-,15-,17-,20+/m0/s1. The average molecular weight is 370 g/mol. The van der Waals surface area contributed by atoms with Crippen molar-refractivity contribution in [1.29, 1.82) is 0 Å². The summed E-state index contributed by atoms with van der Waals surface area (Å²) in [6, 6.07) is 0. The van der Waals surface area contributed by atoms with Crippen molar-refractivity contribution in [2.24, 2.45) is 17.3 Å². The first-order valence-electron chi connectivity index (χ1n) is 9.84. The third-order valence-corrected chi connectivity index (χ3v) is 6.45. The molecule has 0 aromatic heterocycles. The fourth-order valence-electron chi connectivity index (χ4n) is 4.07. The Morgan fingerprint density at radius 3 is 2.42 bits per heavy atom. The molecule has 0 spiro atoms. The number of carbonyl (C=O) groups excluding carboxylic acids is 2. The molecule has 0 aromatic carbocycles. The maximum absolute atomic E-state index is 12.9. The zero-order valence-corrected chi connectivity index (χ0v) is 16.7. The van der Waals surface area contributed by atoms with E-state index in [9.17, 15) is 19.8 Å². The Morgan fingerprint density at radius 1 is 1.12 bits per heavy atom. The van der Waals surface area contributed by atoms with Crippen LogP contribution in [0.4, 0.5) is 0 Å². The number of epoxide rings is 1. The molecule has 0 aromatic rings. The minimum Gasteiger partial charge on any atom is -0.392 e. The highest BCUT2D eigenvalue weighted by molar-refractivity contribution is 5.88. The lowest BCUT2D eigenvalue weighted by Crippen LogP contribution is -2.46. The van der Waals surface area contributed by atoms with Gasteiger partial charge in [-0.15, -0.1) is 0 Å². The normalized spacial score (nSPS) is 42.7. The van der Waals surface area contributed by atoms with E-state index in [4.69, 9.17) is 4.74 Å². The number of hydrogen-bond donors (Lipinski definition) is 3. The smallest absolute Gasteiger partial charge is 0.222 e. The van der Waals surface area contributed by atoms with E-state index in [0.717, 1.165) is 25.7 Å². The van der Waals surface area contributed by atoms with E-state index in [2.05, 4.69) is 12.2 Å². The predicted octanol–water partition coefficient (Wildman–Crippen LogP) is 1.81. The molecule has 6 heteroatoms. The van der Waals surface area contributed by atoms with Gasteiger partial charge < -0.3 is 20.3 Å². The molecule has 2 heterocycles. The molecule has 0 radical (unpaired) electrons. The van der Waals surface area contributed by atoms with Gasteiger partial charge in [0.15, 0.2) is 0 Å². The van der Waals surface area contributed by atoms with E-state index in [0.29, 0.717) is 6.54 Å². The first-order chi connectivity index (χ1) is 12.0. The molecule has 2 aliphatic rings. The van der Waals surface area contributed by atoms with Gasteiger partial charge in [0, 0.05) is 12.5 Å². The van der Waals surface area contributed by atoms with E-state index >= 15 is 0 Å². The number of rotatable bonds is 0. The molecular formula is C20H35NO5. The third kappa shape index (κ3) is 4.65. The minimum atomic E-state index is -1.09. The Bertz CT molecular complexity index is 534. The van der Waals surface area contributed by atoms with Crippen LogP contribution in [-0.2, 0) is 14.3 Å². The lowest BCUT2D eigenvalue weighted by atomic mass is 9.73. The number of aliphatic hydroxyl groups excluding tert-OH is 2. The number of carbonyl (C=O) groups is 2. The molecule has 0 saturated carbocycles. The van der Waals surface area contributed by atoms with Crippen LogP contribution in [0.15, 0.2) is 0 Å². The monoisotopic (exact) mass is 369 g/mol. The molecule has 6 nitrogen and oxygen atoms in total. The van der Waals surface area contributed by atoms with Crippen LogP contribution in [0.2, 0.25) is 0 Å². The van der Waals surface area contributed by atoms with E-state index in [1.165, 1.54) is 0 Å². The summed E-state index contributed by atoms with van der Waals surface area (Å²) in [6.07, 6.45) is 1.58. The van der Waals surface area contributed by atoms with Crippen molar-refractivity contribution >= 4 is 11.7 Å². The average Bonchev–Trinajstić information content (AvgIpc) is 3.21. The Morgan fingerprint density at radius 2 is 1.77 bits per heavy atom. The molecule has 2 saturated heterocycles. The fraction of sp³-hybridized carbons (Fsp3) is 0.900. The second-order valence-electron chi connectivity index (χ2n) is 9.01. The first kappa shape index (κ1) is 21.3. The second kappa shape index (κ2) is 7.95. The molecule has 2 fully saturated rings. The lowest BCUT2D eigenvalue weighted by Gasteiger charge is -2.34. The van der Waals surface area contributed by atoms with Crippen LogP contribution in [-0.4, -0.2) is 52.4 Å². The summed E-state index contributed by atoms with van der Waals surface area (Å²) >= 11 is 0. The van der Waals surface area contributed by atoms with Crippen LogP contribution < -0.4 is 5.32 Å². The van der Waals surface area contributed by atoms with Crippen molar-refractivity contribution in [2.45, 2.75) is 90.6 Å². The molecule has 2 rings (SSSR count). The highest BCUT2D eigenvalue weighted by Crippen LogP contribution is 2.43. The van der Waals surface area contributed by atoms with Gasteiger partial charge in [0.25, 0.3) is 0 Å². The number of ketones is 1. The number of ether oxygens (including phenoxy) is 1. The van der Waals surface area contributed by atoms with Gasteiger partial charge >= 0.3 is 0 Å². The molecule has 6 atom stereocenters. The summed E-state index contributed by atoms with van der Waals surface area (Å²) in [7, 11) is 0. The van der Waals surface area contributed by atoms with Crippen LogP contribution in [0, 0.1) is 17.3 Å². The molecular weight excluding hydrogens is 334 g/mol. The predicted molar refractivity (Wildman–Crippen MR) is 98.5 cm³/mol. The molecule has 26 heavy (non-hydrogen) atoms. The maximum Gasteiger partial charge on any atom is 0.222 e. The van der Waals surface area contributed by atoms with Crippen molar-refractivity contribution < 1.29 is 24.5 Å². The van der Waals surface area contributed by atoms with Gasteiger partial charge in [0.05, 0.1) is 35.7 Å². The zero-order chi connectivity index (χ0) is 19.7. The summed E-state index contributed by atoms with van der Waals surface area (Å²) in [5.41, 5.74) is -1.23. The van der Waals surface area contributed by atoms with Gasteiger partial charge in [-0.3, -0.25) is 9.59 Å². The van der Waals surface area contributed by atoms with Crippen LogP contribution in [0.5, 0.6) is 0 Å². The fourth-order valence-corrected chi connectivity index (χ4v) is 4.07. The highest BCUT2D eigenvalue weighted by atomic mass is 16.6. The van der Waals surface area contributed by atoms with Crippen LogP contribution >= 0.6 is 0 Å². The quantitative estimate of drug-likeness (QED) is 0.566. The van der Waals surface area contributed by atoms with Crippen molar-refractivity contribution in [1.82, 2.24) is 5.32 Å². The van der Waals surface area contributed by atoms with Gasteiger partial charge in [-0.25, -0.2) is 0 Å². The van der Waals surface area contributed by atoms with Crippen molar-refractivity contribution in [3.63, 3.8) is 0 Å². The van der Waals surface area contributed by atoms with E-state index < -0.39 is 23.5 Å². The molecule has 1 amide bonds. The number of nitrogens with one attached hydrogen (secondary N) is 1. The molecule has 0 aliphatic carbocycles. The first-order valence-corrected chi connectivity index (χ1v) is 9.84. The Hall–Kier alpha value is -0.980. The highest BCUT2D eigenvalue weighted by Gasteiger charge is 2.51. The largest absolute Gasteiger partial charge is 0.392 e. The SMILES string of the molecule is C[C@H]1CCC[C@@]2(C)O[C@H]2CCNC(=O)C[C@H](O)C(C)(C)C(=O)[C@H](C)[C@H]1O. The van der Waals surface area contributed by atoms with Crippen molar-refractivity contribution in [2.75, 3.05) is 6.54 Å². The molecule has 150 valence electrons. The van der Waals surface area contributed by atoms with Gasteiger partial charge in [0.1, 0.15) is 5.78 Å². The van der Waals surface area contributed by atoms with Crippen LogP contribution in [0.1, 0.15) is 66.7 Å². The number of fused-ring (bicyclic) bond motifs is 1. The number of Topliss-reactive ketones (excluding diaryl/α,β-unsaturated/α-hetero) is 1. The molecule has 2 aliphatic heterocycles. The lowest BCUT2D eigenvalue weighted by molar-refractivity contribution is -0.143. The third-order valence-electron chi connectivity index (χ3n) is 6.45. The molecule has 0 unspecified atom stereocenters. The van der Waals surface area contributed by atoms with E-state index in [-0.39, 0.29) is 35.7 Å². The summed E-state index contributed by atoms with van der Waals surface area (Å²) in [6.45, 7) is 9.56. The van der Waals surface area contributed by atoms with E-state index in [1.807, 2.05) is 6.92 Å². The zero-order valence-electron chi connectivity index (χ0n) is 16.7. The Labute approximate surface area is 156 Å².